The van der Waals surface area contributed by atoms with Crippen molar-refractivity contribution in [2.75, 3.05) is 27.3 Å². The molecule has 0 fully saturated rings. The molecule has 0 spiro atoms. The van der Waals surface area contributed by atoms with Gasteiger partial charge in [0, 0.05) is 19.2 Å². The third kappa shape index (κ3) is 4.79. The first-order valence-electron chi connectivity index (χ1n) is 7.83. The molecule has 0 heterocycles. The van der Waals surface area contributed by atoms with Gasteiger partial charge in [0.15, 0.2) is 0 Å². The Morgan fingerprint density at radius 1 is 1.04 bits per heavy atom. The van der Waals surface area contributed by atoms with Crippen molar-refractivity contribution in [2.24, 2.45) is 0 Å². The molecule has 124 valence electrons. The van der Waals surface area contributed by atoms with Crippen molar-refractivity contribution in [3.63, 3.8) is 0 Å². The van der Waals surface area contributed by atoms with Crippen LogP contribution in [0.5, 0.6) is 5.75 Å². The number of aliphatic hydroxyl groups is 2. The van der Waals surface area contributed by atoms with E-state index in [2.05, 4.69) is 17.0 Å². The first kappa shape index (κ1) is 17.5. The highest BCUT2D eigenvalue weighted by Gasteiger charge is 2.20. The zero-order valence-electron chi connectivity index (χ0n) is 13.7. The molecule has 0 aliphatic carbocycles. The quantitative estimate of drug-likeness (QED) is 0.786. The van der Waals surface area contributed by atoms with Crippen molar-refractivity contribution in [3.8, 4) is 5.75 Å². The van der Waals surface area contributed by atoms with Gasteiger partial charge in [0.1, 0.15) is 5.75 Å². The minimum absolute atomic E-state index is 0.0708. The summed E-state index contributed by atoms with van der Waals surface area (Å²) in [6, 6.07) is 17.6. The molecule has 0 aliphatic heterocycles. The van der Waals surface area contributed by atoms with E-state index in [1.165, 1.54) is 0 Å². The van der Waals surface area contributed by atoms with Crippen molar-refractivity contribution in [2.45, 2.75) is 18.6 Å². The van der Waals surface area contributed by atoms with Gasteiger partial charge in [-0.15, -0.1) is 0 Å². The molecular formula is C19H25NO3. The summed E-state index contributed by atoms with van der Waals surface area (Å²) in [7, 11) is 3.58. The van der Waals surface area contributed by atoms with Gasteiger partial charge < -0.3 is 14.9 Å². The third-order valence-corrected chi connectivity index (χ3v) is 4.06. The molecular weight excluding hydrogens is 290 g/mol. The van der Waals surface area contributed by atoms with Crippen LogP contribution in [0.15, 0.2) is 54.6 Å². The van der Waals surface area contributed by atoms with Crippen LogP contribution in [-0.2, 0) is 0 Å². The summed E-state index contributed by atoms with van der Waals surface area (Å²) in [4.78, 5) is 2.08. The van der Waals surface area contributed by atoms with Crippen molar-refractivity contribution in [1.82, 2.24) is 4.90 Å². The van der Waals surface area contributed by atoms with E-state index in [0.29, 0.717) is 13.0 Å². The van der Waals surface area contributed by atoms with Gasteiger partial charge >= 0.3 is 0 Å². The highest BCUT2D eigenvalue weighted by molar-refractivity contribution is 5.30. The first-order chi connectivity index (χ1) is 11.2. The maximum atomic E-state index is 10.5. The van der Waals surface area contributed by atoms with Gasteiger partial charge in [-0.1, -0.05) is 42.5 Å². The minimum atomic E-state index is -0.611. The van der Waals surface area contributed by atoms with E-state index in [-0.39, 0.29) is 12.6 Å². The number of rotatable bonds is 8. The number of methoxy groups -OCH3 is 1. The molecule has 2 N–H and O–H groups in total. The zero-order chi connectivity index (χ0) is 16.7. The first-order valence-corrected chi connectivity index (χ1v) is 7.83. The van der Waals surface area contributed by atoms with Crippen LogP contribution in [0.2, 0.25) is 0 Å². The van der Waals surface area contributed by atoms with E-state index in [9.17, 15) is 10.2 Å². The molecule has 2 aromatic rings. The van der Waals surface area contributed by atoms with E-state index in [4.69, 9.17) is 4.74 Å². The molecule has 2 unspecified atom stereocenters. The van der Waals surface area contributed by atoms with Gasteiger partial charge in [-0.25, -0.2) is 0 Å². The Hall–Kier alpha value is -1.88. The maximum Gasteiger partial charge on any atom is 0.119 e. The lowest BCUT2D eigenvalue weighted by molar-refractivity contribution is 0.0936. The Balaban J connectivity index is 2.09. The fourth-order valence-corrected chi connectivity index (χ4v) is 2.79. The number of hydrogen-bond acceptors (Lipinski definition) is 4. The van der Waals surface area contributed by atoms with Crippen LogP contribution in [0.1, 0.15) is 29.7 Å². The van der Waals surface area contributed by atoms with Crippen LogP contribution in [0, 0.1) is 0 Å². The Kier molecular flexibility index (Phi) is 6.59. The highest BCUT2D eigenvalue weighted by Crippen LogP contribution is 2.26. The normalized spacial score (nSPS) is 13.8. The zero-order valence-corrected chi connectivity index (χ0v) is 13.7. The summed E-state index contributed by atoms with van der Waals surface area (Å²) >= 11 is 0. The second-order valence-corrected chi connectivity index (χ2v) is 5.67. The van der Waals surface area contributed by atoms with Gasteiger partial charge in [-0.05, 0) is 36.7 Å². The molecule has 0 bridgehead atoms. The smallest absolute Gasteiger partial charge is 0.119 e. The molecule has 4 heteroatoms. The van der Waals surface area contributed by atoms with Crippen LogP contribution >= 0.6 is 0 Å². The third-order valence-electron chi connectivity index (χ3n) is 4.06. The molecule has 4 nitrogen and oxygen atoms in total. The lowest BCUT2D eigenvalue weighted by Crippen LogP contribution is -2.30. The SMILES string of the molecule is COc1cccc(C(O)CN(C)C(CCO)c2ccccc2)c1. The average Bonchev–Trinajstić information content (AvgIpc) is 2.60. The number of likely N-dealkylation sites (N-methyl/N-ethyl adjacent to an activating group) is 1. The van der Waals surface area contributed by atoms with E-state index in [1.807, 2.05) is 49.5 Å². The second-order valence-electron chi connectivity index (χ2n) is 5.67. The number of hydrogen-bond donors (Lipinski definition) is 2. The lowest BCUT2D eigenvalue weighted by Gasteiger charge is -2.30. The van der Waals surface area contributed by atoms with Crippen molar-refractivity contribution in [3.05, 3.63) is 65.7 Å². The molecule has 0 radical (unpaired) electrons. The van der Waals surface area contributed by atoms with Crippen LogP contribution in [0.4, 0.5) is 0 Å². The largest absolute Gasteiger partial charge is 0.497 e. The average molecular weight is 315 g/mol. The van der Waals surface area contributed by atoms with Gasteiger partial charge in [0.25, 0.3) is 0 Å². The summed E-state index contributed by atoms with van der Waals surface area (Å²) in [5.41, 5.74) is 1.97. The Labute approximate surface area is 138 Å². The highest BCUT2D eigenvalue weighted by atomic mass is 16.5. The van der Waals surface area contributed by atoms with Gasteiger partial charge in [-0.3, -0.25) is 4.90 Å². The number of aliphatic hydroxyl groups excluding tert-OH is 2. The fraction of sp³-hybridized carbons (Fsp3) is 0.368. The van der Waals surface area contributed by atoms with Crippen molar-refractivity contribution >= 4 is 0 Å². The molecule has 0 aliphatic rings. The van der Waals surface area contributed by atoms with Crippen molar-refractivity contribution < 1.29 is 14.9 Å². The van der Waals surface area contributed by atoms with E-state index in [1.54, 1.807) is 7.11 Å². The summed E-state index contributed by atoms with van der Waals surface area (Å²) in [5.74, 6) is 0.735. The maximum absolute atomic E-state index is 10.5. The van der Waals surface area contributed by atoms with Crippen LogP contribution in [0.25, 0.3) is 0 Å². The van der Waals surface area contributed by atoms with E-state index in [0.717, 1.165) is 16.9 Å². The number of benzene rings is 2. The predicted molar refractivity (Wildman–Crippen MR) is 91.5 cm³/mol. The van der Waals surface area contributed by atoms with Crippen LogP contribution in [-0.4, -0.2) is 42.4 Å². The molecule has 2 aromatic carbocycles. The topological polar surface area (TPSA) is 52.9 Å². The Morgan fingerprint density at radius 3 is 2.39 bits per heavy atom. The Morgan fingerprint density at radius 2 is 1.74 bits per heavy atom. The van der Waals surface area contributed by atoms with Gasteiger partial charge in [0.2, 0.25) is 0 Å². The molecule has 0 amide bonds. The van der Waals surface area contributed by atoms with E-state index < -0.39 is 6.10 Å². The Bertz CT molecular complexity index is 588. The van der Waals surface area contributed by atoms with E-state index >= 15 is 0 Å². The van der Waals surface area contributed by atoms with Crippen molar-refractivity contribution in [1.29, 1.82) is 0 Å². The monoisotopic (exact) mass is 315 g/mol. The molecule has 23 heavy (non-hydrogen) atoms. The van der Waals surface area contributed by atoms with Gasteiger partial charge in [0.05, 0.1) is 13.2 Å². The predicted octanol–water partition coefficient (Wildman–Crippen LogP) is 2.78. The number of ether oxygens (including phenoxy) is 1. The summed E-state index contributed by atoms with van der Waals surface area (Å²) < 4.78 is 5.21. The molecule has 0 saturated carbocycles. The van der Waals surface area contributed by atoms with Crippen LogP contribution < -0.4 is 4.74 Å². The van der Waals surface area contributed by atoms with Gasteiger partial charge in [-0.2, -0.15) is 0 Å². The fourth-order valence-electron chi connectivity index (χ4n) is 2.79. The lowest BCUT2D eigenvalue weighted by atomic mass is 10.0. The summed E-state index contributed by atoms with van der Waals surface area (Å²) in [6.07, 6.45) is 0.0192. The van der Waals surface area contributed by atoms with Crippen LogP contribution in [0.3, 0.4) is 0 Å². The summed E-state index contributed by atoms with van der Waals surface area (Å²) in [5, 5.41) is 19.9. The molecule has 2 rings (SSSR count). The minimum Gasteiger partial charge on any atom is -0.497 e. The summed E-state index contributed by atoms with van der Waals surface area (Å²) in [6.45, 7) is 0.589. The molecule has 2 atom stereocenters. The number of nitrogens with zero attached hydrogens (tertiary/aromatic N) is 1. The second kappa shape index (κ2) is 8.67. The molecule has 0 saturated heterocycles. The molecule has 0 aromatic heterocycles. The standard InChI is InChI=1S/C19H25NO3/c1-20(18(11-12-21)15-7-4-3-5-8-15)14-19(22)16-9-6-10-17(13-16)23-2/h3-10,13,18-19,21-22H,11-12,14H2,1-2H3.